The van der Waals surface area contributed by atoms with Crippen molar-refractivity contribution < 1.29 is 4.79 Å². The van der Waals surface area contributed by atoms with E-state index in [0.717, 1.165) is 19.3 Å². The van der Waals surface area contributed by atoms with Gasteiger partial charge in [0.05, 0.1) is 0 Å². The third-order valence-electron chi connectivity index (χ3n) is 2.40. The van der Waals surface area contributed by atoms with Crippen LogP contribution in [0.4, 0.5) is 0 Å². The van der Waals surface area contributed by atoms with Crippen molar-refractivity contribution in [2.45, 2.75) is 31.6 Å². The molecule has 1 aliphatic rings. The van der Waals surface area contributed by atoms with Gasteiger partial charge < -0.3 is 0 Å². The highest BCUT2D eigenvalue weighted by atomic mass is 35.5. The Morgan fingerprint density at radius 2 is 2.09 bits per heavy atom. The predicted octanol–water partition coefficient (Wildman–Crippen LogP) is 2.80. The fraction of sp³-hybridized carbons (Fsp3) is 0.875. The largest absolute Gasteiger partial charge is 0.281 e. The van der Waals surface area contributed by atoms with Gasteiger partial charge >= 0.3 is 0 Å². The van der Waals surface area contributed by atoms with Crippen LogP contribution in [-0.2, 0) is 4.79 Å². The van der Waals surface area contributed by atoms with Crippen molar-refractivity contribution in [2.24, 2.45) is 11.8 Å². The quantitative estimate of drug-likeness (QED) is 0.464. The molecule has 1 saturated carbocycles. The van der Waals surface area contributed by atoms with Crippen LogP contribution in [0.25, 0.3) is 0 Å². The summed E-state index contributed by atoms with van der Waals surface area (Å²) in [5, 5.41) is 0.0540. The summed E-state index contributed by atoms with van der Waals surface area (Å²) in [4.78, 5) is 10.8. The highest BCUT2D eigenvalue weighted by Crippen LogP contribution is 2.33. The summed E-state index contributed by atoms with van der Waals surface area (Å²) in [6.07, 6.45) is 2.71. The van der Waals surface area contributed by atoms with Gasteiger partial charge in [-0.05, 0) is 36.8 Å². The molecule has 1 aliphatic carbocycles. The molecule has 0 saturated heterocycles. The molecular weight excluding hydrogens is 183 g/mol. The topological polar surface area (TPSA) is 17.1 Å². The van der Waals surface area contributed by atoms with Crippen LogP contribution < -0.4 is 0 Å². The van der Waals surface area contributed by atoms with Gasteiger partial charge in [0, 0.05) is 11.3 Å². The van der Waals surface area contributed by atoms with Crippen LogP contribution in [-0.4, -0.2) is 10.6 Å². The highest BCUT2D eigenvalue weighted by Gasteiger charge is 2.30. The zero-order valence-corrected chi connectivity index (χ0v) is 8.03. The molecule has 3 atom stereocenters. The van der Waals surface area contributed by atoms with Crippen molar-refractivity contribution in [1.82, 2.24) is 0 Å². The monoisotopic (exact) mass is 194 g/mol. The molecule has 0 radical (unpaired) electrons. The molecule has 0 spiro atoms. The maximum absolute atomic E-state index is 10.8. The summed E-state index contributed by atoms with van der Waals surface area (Å²) in [6.45, 7) is 2.04. The second-order valence-corrected chi connectivity index (χ2v) is 4.29. The van der Waals surface area contributed by atoms with E-state index in [2.05, 4.69) is 0 Å². The molecule has 64 valence electrons. The number of carbonyl (C=O) groups excluding carboxylic acids is 1. The molecule has 3 heteroatoms. The average Bonchev–Trinajstić information content (AvgIpc) is 1.85. The number of alkyl halides is 1. The lowest BCUT2D eigenvalue weighted by molar-refractivity contribution is -0.117. The number of hydrogen-bond acceptors (Lipinski definition) is 1. The van der Waals surface area contributed by atoms with Crippen molar-refractivity contribution in [1.29, 1.82) is 0 Å². The fourth-order valence-electron chi connectivity index (χ4n) is 1.67. The van der Waals surface area contributed by atoms with Crippen molar-refractivity contribution >= 4 is 28.4 Å². The van der Waals surface area contributed by atoms with Crippen LogP contribution in [0.1, 0.15) is 26.2 Å². The Labute approximate surface area is 77.1 Å². The lowest BCUT2D eigenvalue weighted by Gasteiger charge is -2.28. The van der Waals surface area contributed by atoms with E-state index in [4.69, 9.17) is 23.2 Å². The van der Waals surface area contributed by atoms with Crippen LogP contribution in [0.3, 0.4) is 0 Å². The second-order valence-electron chi connectivity index (χ2n) is 3.30. The van der Waals surface area contributed by atoms with Crippen molar-refractivity contribution in [2.75, 3.05) is 0 Å². The molecule has 1 fully saturated rings. The Kier molecular flexibility index (Phi) is 3.20. The van der Waals surface area contributed by atoms with Crippen LogP contribution in [0.15, 0.2) is 0 Å². The average molecular weight is 195 g/mol. The molecule has 0 unspecified atom stereocenters. The third-order valence-corrected chi connectivity index (χ3v) is 3.07. The number of rotatable bonds is 1. The van der Waals surface area contributed by atoms with Crippen LogP contribution in [0, 0.1) is 11.8 Å². The van der Waals surface area contributed by atoms with Gasteiger partial charge in [-0.2, -0.15) is 0 Å². The van der Waals surface area contributed by atoms with Crippen molar-refractivity contribution in [3.63, 3.8) is 0 Å². The van der Waals surface area contributed by atoms with Crippen LogP contribution in [0.5, 0.6) is 0 Å². The molecule has 0 amide bonds. The van der Waals surface area contributed by atoms with E-state index in [-0.39, 0.29) is 16.5 Å². The lowest BCUT2D eigenvalue weighted by atomic mass is 9.81. The minimum Gasteiger partial charge on any atom is -0.281 e. The van der Waals surface area contributed by atoms with Crippen LogP contribution in [0.2, 0.25) is 0 Å². The van der Waals surface area contributed by atoms with Crippen molar-refractivity contribution in [3.8, 4) is 0 Å². The van der Waals surface area contributed by atoms with E-state index in [1.807, 2.05) is 6.92 Å². The Balaban J connectivity index is 2.50. The zero-order chi connectivity index (χ0) is 8.43. The Morgan fingerprint density at radius 3 is 2.55 bits per heavy atom. The van der Waals surface area contributed by atoms with Gasteiger partial charge in [0.2, 0.25) is 5.24 Å². The minimum absolute atomic E-state index is 0.0478. The fourth-order valence-corrected chi connectivity index (χ4v) is 2.40. The molecule has 1 rings (SSSR count). The van der Waals surface area contributed by atoms with Gasteiger partial charge in [-0.1, -0.05) is 6.92 Å². The van der Waals surface area contributed by atoms with E-state index in [1.54, 1.807) is 0 Å². The first-order valence-electron chi connectivity index (χ1n) is 3.94. The summed E-state index contributed by atoms with van der Waals surface area (Å²) in [5.74, 6) is 0.405. The van der Waals surface area contributed by atoms with Gasteiger partial charge in [0.15, 0.2) is 0 Å². The maximum atomic E-state index is 10.8. The summed E-state index contributed by atoms with van der Waals surface area (Å²) in [6, 6.07) is 0. The molecule has 0 aromatic heterocycles. The highest BCUT2D eigenvalue weighted by molar-refractivity contribution is 6.64. The van der Waals surface area contributed by atoms with Crippen LogP contribution >= 0.6 is 23.2 Å². The van der Waals surface area contributed by atoms with E-state index < -0.39 is 0 Å². The van der Waals surface area contributed by atoms with Gasteiger partial charge in [-0.3, -0.25) is 4.79 Å². The maximum Gasteiger partial charge on any atom is 0.224 e. The summed E-state index contributed by atoms with van der Waals surface area (Å²) in [5.41, 5.74) is 0. The molecule has 0 heterocycles. The molecule has 0 N–H and O–H groups in total. The first-order chi connectivity index (χ1) is 5.11. The molecule has 11 heavy (non-hydrogen) atoms. The Bertz CT molecular complexity index is 158. The molecular formula is C8H12Cl2O. The SMILES string of the molecule is C[C@@H]1C[C@@H](Cl)CC[C@@H]1C(=O)Cl. The van der Waals surface area contributed by atoms with Crippen molar-refractivity contribution in [3.05, 3.63) is 0 Å². The molecule has 0 aliphatic heterocycles. The number of halogens is 2. The molecule has 0 aromatic carbocycles. The molecule has 1 nitrogen and oxygen atoms in total. The molecule has 0 bridgehead atoms. The Morgan fingerprint density at radius 1 is 1.45 bits per heavy atom. The standard InChI is InChI=1S/C8H12Cl2O/c1-5-4-6(9)2-3-7(5)8(10)11/h5-7H,2-4H2,1H3/t5-,6+,7+/m1/s1. The minimum atomic E-state index is -0.193. The van der Waals surface area contributed by atoms with E-state index in [9.17, 15) is 4.79 Å². The Hall–Kier alpha value is 0.250. The van der Waals surface area contributed by atoms with Gasteiger partial charge in [-0.25, -0.2) is 0 Å². The van der Waals surface area contributed by atoms with E-state index in [1.165, 1.54) is 0 Å². The smallest absolute Gasteiger partial charge is 0.224 e. The predicted molar refractivity (Wildman–Crippen MR) is 47.0 cm³/mol. The van der Waals surface area contributed by atoms with Gasteiger partial charge in [0.25, 0.3) is 0 Å². The van der Waals surface area contributed by atoms with Gasteiger partial charge in [-0.15, -0.1) is 11.6 Å². The summed E-state index contributed by atoms with van der Waals surface area (Å²) >= 11 is 11.3. The normalized spacial score (nSPS) is 38.6. The van der Waals surface area contributed by atoms with E-state index >= 15 is 0 Å². The third kappa shape index (κ3) is 2.34. The number of carbonyl (C=O) groups is 1. The van der Waals surface area contributed by atoms with Gasteiger partial charge in [0.1, 0.15) is 0 Å². The number of hydrogen-bond donors (Lipinski definition) is 0. The zero-order valence-electron chi connectivity index (χ0n) is 6.52. The first kappa shape index (κ1) is 9.34. The molecule has 0 aromatic rings. The van der Waals surface area contributed by atoms with E-state index in [0.29, 0.717) is 5.92 Å². The lowest BCUT2D eigenvalue weighted by Crippen LogP contribution is -2.26. The summed E-state index contributed by atoms with van der Waals surface area (Å²) in [7, 11) is 0. The first-order valence-corrected chi connectivity index (χ1v) is 4.76. The second kappa shape index (κ2) is 3.77. The summed E-state index contributed by atoms with van der Waals surface area (Å²) < 4.78 is 0.